The van der Waals surface area contributed by atoms with Crippen molar-refractivity contribution in [2.24, 2.45) is 11.8 Å². The normalized spacial score (nSPS) is 33.8. The van der Waals surface area contributed by atoms with Crippen molar-refractivity contribution in [1.82, 2.24) is 10.6 Å². The van der Waals surface area contributed by atoms with Gasteiger partial charge in [-0.2, -0.15) is 0 Å². The molecule has 110 valence electrons. The Morgan fingerprint density at radius 1 is 1.29 bits per heavy atom. The topological polar surface area (TPSA) is 24.1 Å². The molecule has 1 saturated carbocycles. The van der Waals surface area contributed by atoms with Crippen LogP contribution in [0.15, 0.2) is 45.8 Å². The highest BCUT2D eigenvalue weighted by molar-refractivity contribution is 5.60. The van der Waals surface area contributed by atoms with E-state index in [1.807, 2.05) is 0 Å². The van der Waals surface area contributed by atoms with Crippen molar-refractivity contribution >= 4 is 0 Å². The predicted molar refractivity (Wildman–Crippen MR) is 85.5 cm³/mol. The third-order valence-corrected chi connectivity index (χ3v) is 5.89. The predicted octanol–water partition coefficient (Wildman–Crippen LogP) is 3.56. The Morgan fingerprint density at radius 3 is 3.05 bits per heavy atom. The van der Waals surface area contributed by atoms with Crippen molar-refractivity contribution in [3.8, 4) is 0 Å². The van der Waals surface area contributed by atoms with E-state index in [0.717, 1.165) is 18.4 Å². The summed E-state index contributed by atoms with van der Waals surface area (Å²) >= 11 is 0. The molecule has 2 unspecified atom stereocenters. The molecule has 1 saturated heterocycles. The minimum absolute atomic E-state index is 0.613. The largest absolute Gasteiger partial charge is 0.384 e. The van der Waals surface area contributed by atoms with Crippen LogP contribution in [0.3, 0.4) is 0 Å². The molecule has 2 aliphatic heterocycles. The van der Waals surface area contributed by atoms with Crippen LogP contribution in [0.25, 0.3) is 0 Å². The number of fused-ring (bicyclic) bond motifs is 1. The molecule has 0 amide bonds. The van der Waals surface area contributed by atoms with E-state index in [9.17, 15) is 0 Å². The SMILES string of the molecule is CC1=CC2=C(CC3CNC4=CCCC2=C43)C(CC2CC2)N1. The highest BCUT2D eigenvalue weighted by Gasteiger charge is 2.39. The Morgan fingerprint density at radius 2 is 2.19 bits per heavy atom. The lowest BCUT2D eigenvalue weighted by molar-refractivity contribution is 0.494. The molecule has 2 N–H and O–H groups in total. The van der Waals surface area contributed by atoms with Gasteiger partial charge in [0.05, 0.1) is 0 Å². The van der Waals surface area contributed by atoms with Gasteiger partial charge in [-0.1, -0.05) is 18.9 Å². The molecule has 3 aliphatic carbocycles. The van der Waals surface area contributed by atoms with Crippen LogP contribution in [-0.4, -0.2) is 12.6 Å². The lowest BCUT2D eigenvalue weighted by Crippen LogP contribution is -2.36. The van der Waals surface area contributed by atoms with Crippen molar-refractivity contribution in [2.45, 2.75) is 51.5 Å². The second-order valence-corrected chi connectivity index (χ2v) is 7.47. The van der Waals surface area contributed by atoms with Gasteiger partial charge in [0.25, 0.3) is 0 Å². The van der Waals surface area contributed by atoms with Crippen LogP contribution in [0.4, 0.5) is 0 Å². The maximum atomic E-state index is 3.79. The average molecular weight is 280 g/mol. The second kappa shape index (κ2) is 4.28. The van der Waals surface area contributed by atoms with Gasteiger partial charge in [-0.25, -0.2) is 0 Å². The molecule has 5 aliphatic rings. The molecule has 2 atom stereocenters. The average Bonchev–Trinajstić information content (AvgIpc) is 3.20. The van der Waals surface area contributed by atoms with E-state index in [1.165, 1.54) is 49.9 Å². The molecule has 2 nitrogen and oxygen atoms in total. The molecular formula is C19H24N2. The zero-order valence-corrected chi connectivity index (χ0v) is 12.8. The van der Waals surface area contributed by atoms with Crippen molar-refractivity contribution in [3.05, 3.63) is 45.8 Å². The standard InChI is InChI=1S/C19H24N2/c1-11-7-15-14-3-2-4-17-19(14)13(10-20-17)9-16(15)18(21-11)8-12-5-6-12/h4,7,12-13,18,20-21H,2-3,5-6,8-10H2,1H3. The summed E-state index contributed by atoms with van der Waals surface area (Å²) in [6, 6.07) is 0.613. The van der Waals surface area contributed by atoms with Gasteiger partial charge >= 0.3 is 0 Å². The van der Waals surface area contributed by atoms with E-state index in [0.29, 0.717) is 6.04 Å². The fourth-order valence-corrected chi connectivity index (χ4v) is 4.78. The van der Waals surface area contributed by atoms with Crippen molar-refractivity contribution in [1.29, 1.82) is 0 Å². The Bertz CT molecular complexity index is 628. The summed E-state index contributed by atoms with van der Waals surface area (Å²) in [5.74, 6) is 1.72. The number of nitrogens with one attached hydrogen (secondary N) is 2. The van der Waals surface area contributed by atoms with Crippen molar-refractivity contribution in [2.75, 3.05) is 6.54 Å². The van der Waals surface area contributed by atoms with Crippen LogP contribution >= 0.6 is 0 Å². The van der Waals surface area contributed by atoms with Crippen LogP contribution in [0.1, 0.15) is 45.4 Å². The number of hydrogen-bond donors (Lipinski definition) is 2. The van der Waals surface area contributed by atoms with Gasteiger partial charge in [0.15, 0.2) is 0 Å². The Balaban J connectivity index is 1.61. The first-order valence-electron chi connectivity index (χ1n) is 8.65. The van der Waals surface area contributed by atoms with Crippen LogP contribution in [0.2, 0.25) is 0 Å². The first kappa shape index (κ1) is 12.1. The molecule has 0 aromatic heterocycles. The summed E-state index contributed by atoms with van der Waals surface area (Å²) in [4.78, 5) is 0. The van der Waals surface area contributed by atoms with E-state index in [4.69, 9.17) is 0 Å². The van der Waals surface area contributed by atoms with Crippen LogP contribution in [0, 0.1) is 11.8 Å². The monoisotopic (exact) mass is 280 g/mol. The van der Waals surface area contributed by atoms with E-state index >= 15 is 0 Å². The zero-order valence-electron chi connectivity index (χ0n) is 12.8. The highest BCUT2D eigenvalue weighted by Crippen LogP contribution is 2.48. The summed E-state index contributed by atoms with van der Waals surface area (Å²) in [6.07, 6.45) is 12.8. The van der Waals surface area contributed by atoms with Crippen LogP contribution in [0.5, 0.6) is 0 Å². The number of allylic oxidation sites excluding steroid dienone is 6. The minimum atomic E-state index is 0.613. The first-order valence-corrected chi connectivity index (χ1v) is 8.65. The van der Waals surface area contributed by atoms with Crippen LogP contribution < -0.4 is 10.6 Å². The molecule has 2 heterocycles. The molecule has 0 bridgehead atoms. The molecule has 0 aromatic carbocycles. The Hall–Kier alpha value is -1.44. The van der Waals surface area contributed by atoms with E-state index < -0.39 is 0 Å². The van der Waals surface area contributed by atoms with E-state index in [-0.39, 0.29) is 0 Å². The van der Waals surface area contributed by atoms with Crippen LogP contribution in [-0.2, 0) is 0 Å². The summed E-state index contributed by atoms with van der Waals surface area (Å²) in [5.41, 5.74) is 9.49. The maximum absolute atomic E-state index is 3.79. The minimum Gasteiger partial charge on any atom is -0.384 e. The summed E-state index contributed by atoms with van der Waals surface area (Å²) in [7, 11) is 0. The zero-order chi connectivity index (χ0) is 14.0. The molecule has 5 rings (SSSR count). The third-order valence-electron chi connectivity index (χ3n) is 5.89. The lowest BCUT2D eigenvalue weighted by Gasteiger charge is -2.37. The van der Waals surface area contributed by atoms with E-state index in [2.05, 4.69) is 29.7 Å². The summed E-state index contributed by atoms with van der Waals surface area (Å²) in [6.45, 7) is 3.40. The van der Waals surface area contributed by atoms with Gasteiger partial charge in [-0.3, -0.25) is 0 Å². The summed E-state index contributed by atoms with van der Waals surface area (Å²) in [5, 5.41) is 7.44. The van der Waals surface area contributed by atoms with Gasteiger partial charge in [0.2, 0.25) is 0 Å². The smallest absolute Gasteiger partial charge is 0.0482 e. The van der Waals surface area contributed by atoms with Crippen molar-refractivity contribution < 1.29 is 0 Å². The molecule has 0 radical (unpaired) electrons. The van der Waals surface area contributed by atoms with Gasteiger partial charge < -0.3 is 10.6 Å². The maximum Gasteiger partial charge on any atom is 0.0482 e. The summed E-state index contributed by atoms with van der Waals surface area (Å²) < 4.78 is 0. The van der Waals surface area contributed by atoms with Gasteiger partial charge in [0, 0.05) is 29.9 Å². The number of hydrogen-bond acceptors (Lipinski definition) is 2. The number of dihydropyridines is 1. The molecular weight excluding hydrogens is 256 g/mol. The first-order chi connectivity index (χ1) is 10.3. The Kier molecular flexibility index (Phi) is 2.47. The van der Waals surface area contributed by atoms with Gasteiger partial charge in [0.1, 0.15) is 0 Å². The second-order valence-electron chi connectivity index (χ2n) is 7.47. The lowest BCUT2D eigenvalue weighted by atomic mass is 9.72. The molecule has 0 spiro atoms. The molecule has 2 fully saturated rings. The quantitative estimate of drug-likeness (QED) is 0.808. The molecule has 21 heavy (non-hydrogen) atoms. The fourth-order valence-electron chi connectivity index (χ4n) is 4.78. The highest BCUT2D eigenvalue weighted by atomic mass is 15.0. The fraction of sp³-hybridized carbons (Fsp3) is 0.579. The molecule has 0 aromatic rings. The third kappa shape index (κ3) is 1.84. The van der Waals surface area contributed by atoms with Gasteiger partial charge in [-0.05, 0) is 66.9 Å². The Labute approximate surface area is 127 Å². The van der Waals surface area contributed by atoms with E-state index in [1.54, 1.807) is 22.3 Å². The van der Waals surface area contributed by atoms with Crippen molar-refractivity contribution in [3.63, 3.8) is 0 Å². The van der Waals surface area contributed by atoms with Gasteiger partial charge in [-0.15, -0.1) is 0 Å². The number of rotatable bonds is 2. The molecule has 2 heteroatoms.